The number of nitrogens with one attached hydrogen (secondary N) is 1. The highest BCUT2D eigenvalue weighted by atomic mass is 35.5. The third-order valence-corrected chi connectivity index (χ3v) is 3.11. The molecule has 0 spiro atoms. The number of halogens is 2. The maximum Gasteiger partial charge on any atom is 0.268 e. The van der Waals surface area contributed by atoms with Crippen molar-refractivity contribution in [3.8, 4) is 5.75 Å². The van der Waals surface area contributed by atoms with Crippen molar-refractivity contribution in [1.29, 1.82) is 0 Å². The Morgan fingerprint density at radius 1 is 1.10 bits per heavy atom. The van der Waals surface area contributed by atoms with Gasteiger partial charge in [-0.3, -0.25) is 10.2 Å². The van der Waals surface area contributed by atoms with Crippen LogP contribution in [-0.4, -0.2) is 5.91 Å². The zero-order valence-electron chi connectivity index (χ0n) is 10.4. The molecule has 0 aromatic heterocycles. The summed E-state index contributed by atoms with van der Waals surface area (Å²) in [7, 11) is 0. The molecule has 2 rings (SSSR count). The van der Waals surface area contributed by atoms with Gasteiger partial charge in [0.25, 0.3) is 5.91 Å². The molecule has 0 atom stereocenters. The zero-order valence-corrected chi connectivity index (χ0v) is 11.9. The monoisotopic (exact) mass is 310 g/mol. The molecule has 0 bridgehead atoms. The predicted octanol–water partition coefficient (Wildman–Crippen LogP) is 3.18. The van der Waals surface area contributed by atoms with Gasteiger partial charge in [0.2, 0.25) is 0 Å². The summed E-state index contributed by atoms with van der Waals surface area (Å²) in [6.45, 7) is 0.309. The van der Waals surface area contributed by atoms with E-state index in [1.54, 1.807) is 24.3 Å². The molecule has 0 saturated carbocycles. The van der Waals surface area contributed by atoms with Crippen LogP contribution in [0.4, 0.5) is 0 Å². The molecule has 20 heavy (non-hydrogen) atoms. The second-order valence-electron chi connectivity index (χ2n) is 4.03. The van der Waals surface area contributed by atoms with Crippen LogP contribution in [0, 0.1) is 0 Å². The fourth-order valence-electron chi connectivity index (χ4n) is 1.62. The molecular weight excluding hydrogens is 299 g/mol. The summed E-state index contributed by atoms with van der Waals surface area (Å²) in [6, 6.07) is 12.0. The number of hydrazine groups is 1. The lowest BCUT2D eigenvalue weighted by Gasteiger charge is -2.11. The molecule has 0 fully saturated rings. The summed E-state index contributed by atoms with van der Waals surface area (Å²) < 4.78 is 5.62. The number of hydrogen-bond acceptors (Lipinski definition) is 3. The van der Waals surface area contributed by atoms with Gasteiger partial charge in [0, 0.05) is 10.0 Å². The molecule has 3 N–H and O–H groups in total. The number of ether oxygens (including phenoxy) is 1. The van der Waals surface area contributed by atoms with E-state index >= 15 is 0 Å². The van der Waals surface area contributed by atoms with E-state index < -0.39 is 5.91 Å². The lowest BCUT2D eigenvalue weighted by atomic mass is 10.2. The fraction of sp³-hybridized carbons (Fsp3) is 0.0714. The van der Waals surface area contributed by atoms with E-state index in [0.29, 0.717) is 22.4 Å². The lowest BCUT2D eigenvalue weighted by Crippen LogP contribution is -2.30. The smallest absolute Gasteiger partial charge is 0.268 e. The van der Waals surface area contributed by atoms with Gasteiger partial charge in [-0.2, -0.15) is 0 Å². The van der Waals surface area contributed by atoms with E-state index in [0.717, 1.165) is 5.56 Å². The Kier molecular flexibility index (Phi) is 4.84. The third-order valence-electron chi connectivity index (χ3n) is 2.62. The Bertz CT molecular complexity index is 615. The van der Waals surface area contributed by atoms with Gasteiger partial charge in [-0.15, -0.1) is 0 Å². The van der Waals surface area contributed by atoms with Crippen molar-refractivity contribution in [2.24, 2.45) is 5.84 Å². The number of rotatable bonds is 4. The molecular formula is C14H12Cl2N2O2. The average molecular weight is 311 g/mol. The first-order chi connectivity index (χ1) is 9.60. The van der Waals surface area contributed by atoms with Crippen molar-refractivity contribution in [3.63, 3.8) is 0 Å². The van der Waals surface area contributed by atoms with Gasteiger partial charge in [-0.05, 0) is 35.9 Å². The fourth-order valence-corrected chi connectivity index (χ4v) is 1.92. The largest absolute Gasteiger partial charge is 0.488 e. The van der Waals surface area contributed by atoms with Gasteiger partial charge in [-0.25, -0.2) is 5.84 Å². The molecule has 0 radical (unpaired) electrons. The average Bonchev–Trinajstić information content (AvgIpc) is 2.46. The van der Waals surface area contributed by atoms with Gasteiger partial charge >= 0.3 is 0 Å². The molecule has 4 nitrogen and oxygen atoms in total. The second-order valence-corrected chi connectivity index (χ2v) is 4.90. The predicted molar refractivity (Wildman–Crippen MR) is 78.9 cm³/mol. The molecule has 0 aliphatic carbocycles. The van der Waals surface area contributed by atoms with Crippen LogP contribution in [0.1, 0.15) is 15.9 Å². The van der Waals surface area contributed by atoms with E-state index in [-0.39, 0.29) is 5.56 Å². The molecule has 0 aliphatic rings. The van der Waals surface area contributed by atoms with Crippen LogP contribution < -0.4 is 16.0 Å². The number of nitrogens with two attached hydrogens (primary N) is 1. The highest BCUT2D eigenvalue weighted by molar-refractivity contribution is 6.31. The second kappa shape index (κ2) is 6.61. The standard InChI is InChI=1S/C14H12Cl2N2O2/c15-10-3-1-9(2-4-10)8-20-13-6-5-11(16)7-12(13)14(19)18-17/h1-7H,8,17H2,(H,18,19). The van der Waals surface area contributed by atoms with Gasteiger partial charge < -0.3 is 4.74 Å². The molecule has 0 aliphatic heterocycles. The first kappa shape index (κ1) is 14.7. The summed E-state index contributed by atoms with van der Waals surface area (Å²) in [6.07, 6.45) is 0. The van der Waals surface area contributed by atoms with Crippen LogP contribution in [0.25, 0.3) is 0 Å². The van der Waals surface area contributed by atoms with Crippen molar-refractivity contribution < 1.29 is 9.53 Å². The number of carbonyl (C=O) groups is 1. The molecule has 6 heteroatoms. The van der Waals surface area contributed by atoms with Gasteiger partial charge in [-0.1, -0.05) is 35.3 Å². The van der Waals surface area contributed by atoms with Crippen LogP contribution in [0.3, 0.4) is 0 Å². The lowest BCUT2D eigenvalue weighted by molar-refractivity contribution is 0.0949. The van der Waals surface area contributed by atoms with Crippen molar-refractivity contribution in [2.75, 3.05) is 0 Å². The van der Waals surface area contributed by atoms with E-state index in [1.165, 1.54) is 6.07 Å². The Hall–Kier alpha value is -1.75. The highest BCUT2D eigenvalue weighted by Crippen LogP contribution is 2.24. The van der Waals surface area contributed by atoms with Crippen molar-refractivity contribution >= 4 is 29.1 Å². The summed E-state index contributed by atoms with van der Waals surface area (Å²) >= 11 is 11.7. The minimum absolute atomic E-state index is 0.286. The van der Waals surface area contributed by atoms with Crippen LogP contribution in [-0.2, 0) is 6.61 Å². The maximum atomic E-state index is 11.7. The Morgan fingerprint density at radius 3 is 2.40 bits per heavy atom. The first-order valence-corrected chi connectivity index (χ1v) is 6.53. The van der Waals surface area contributed by atoms with Gasteiger partial charge in [0.15, 0.2) is 0 Å². The van der Waals surface area contributed by atoms with Crippen LogP contribution in [0.15, 0.2) is 42.5 Å². The molecule has 0 heterocycles. The Morgan fingerprint density at radius 2 is 1.75 bits per heavy atom. The summed E-state index contributed by atoms with van der Waals surface area (Å²) in [4.78, 5) is 11.7. The summed E-state index contributed by atoms with van der Waals surface area (Å²) in [5.41, 5.74) is 3.28. The number of amides is 1. The Labute approximate surface area is 126 Å². The van der Waals surface area contributed by atoms with Crippen LogP contribution in [0.5, 0.6) is 5.75 Å². The zero-order chi connectivity index (χ0) is 14.5. The normalized spacial score (nSPS) is 10.2. The molecule has 2 aromatic rings. The number of carbonyl (C=O) groups excluding carboxylic acids is 1. The molecule has 1 amide bonds. The van der Waals surface area contributed by atoms with Crippen molar-refractivity contribution in [1.82, 2.24) is 5.43 Å². The van der Waals surface area contributed by atoms with Crippen molar-refractivity contribution in [2.45, 2.75) is 6.61 Å². The molecule has 2 aromatic carbocycles. The van der Waals surface area contributed by atoms with E-state index in [9.17, 15) is 4.79 Å². The molecule has 104 valence electrons. The van der Waals surface area contributed by atoms with E-state index in [2.05, 4.69) is 5.43 Å². The number of hydrogen-bond donors (Lipinski definition) is 2. The maximum absolute atomic E-state index is 11.7. The first-order valence-electron chi connectivity index (χ1n) is 5.78. The Balaban J connectivity index is 2.16. The highest BCUT2D eigenvalue weighted by Gasteiger charge is 2.12. The number of nitrogen functional groups attached to an aromatic ring is 1. The molecule has 0 unspecified atom stereocenters. The minimum atomic E-state index is -0.460. The topological polar surface area (TPSA) is 64.3 Å². The van der Waals surface area contributed by atoms with Crippen molar-refractivity contribution in [3.05, 3.63) is 63.6 Å². The third kappa shape index (κ3) is 3.63. The number of benzene rings is 2. The van der Waals surface area contributed by atoms with E-state index in [1.807, 2.05) is 12.1 Å². The van der Waals surface area contributed by atoms with Gasteiger partial charge in [0.05, 0.1) is 5.56 Å². The SMILES string of the molecule is NNC(=O)c1cc(Cl)ccc1OCc1ccc(Cl)cc1. The van der Waals surface area contributed by atoms with Crippen LogP contribution >= 0.6 is 23.2 Å². The van der Waals surface area contributed by atoms with Gasteiger partial charge in [0.1, 0.15) is 12.4 Å². The van der Waals surface area contributed by atoms with E-state index in [4.69, 9.17) is 33.8 Å². The summed E-state index contributed by atoms with van der Waals surface area (Å²) in [5, 5.41) is 1.09. The molecule has 0 saturated heterocycles. The van der Waals surface area contributed by atoms with Crippen LogP contribution in [0.2, 0.25) is 10.0 Å². The quantitative estimate of drug-likeness (QED) is 0.518. The summed E-state index contributed by atoms with van der Waals surface area (Å²) in [5.74, 6) is 5.08. The minimum Gasteiger partial charge on any atom is -0.488 e.